The van der Waals surface area contributed by atoms with Crippen LogP contribution >= 0.6 is 0 Å². The third kappa shape index (κ3) is 10.4. The fourth-order valence-electron chi connectivity index (χ4n) is 7.06. The maximum absolute atomic E-state index is 13.5. The molecule has 2 heterocycles. The van der Waals surface area contributed by atoms with E-state index in [4.69, 9.17) is 19.9 Å². The molecular formula is C44H52N7O8S2. The molecule has 1 aliphatic rings. The number of nitrogens with zero attached hydrogens (tertiary/aromatic N) is 4. The Morgan fingerprint density at radius 2 is 1.64 bits per heavy atom. The lowest BCUT2D eigenvalue weighted by molar-refractivity contribution is 0.0945. The third-order valence-electron chi connectivity index (χ3n) is 10.2. The van der Waals surface area contributed by atoms with Gasteiger partial charge in [-0.3, -0.25) is 18.9 Å². The molecule has 4 N–H and O–H groups in total. The van der Waals surface area contributed by atoms with Gasteiger partial charge >= 0.3 is 6.03 Å². The quantitative estimate of drug-likeness (QED) is 0.0950. The van der Waals surface area contributed by atoms with Crippen molar-refractivity contribution in [3.63, 3.8) is 0 Å². The van der Waals surface area contributed by atoms with Gasteiger partial charge in [0.05, 0.1) is 43.1 Å². The standard InChI is InChI=1S/C44H52N7O8S2/c1-8-50(61(7,55)56)36-25-29(44(2,3)4)26-37(41(36)58-6)51(43(45)53)35-15-16-38(33-12-10-9-11-32(33)35)59-31-17-18-46-40(28-31)48-30-13-14-34(39(27-30)57-5)42(52)47-19-20-49-21-23-60(54)24-22-49/h9-18,25-28H,1,8,19-24H2,2-7H3,(H2,45,53)(H,46,48)(H,47,52). The predicted molar refractivity (Wildman–Crippen MR) is 242 cm³/mol. The second kappa shape index (κ2) is 18.9. The molecule has 15 nitrogen and oxygen atoms in total. The average molecular weight is 871 g/mol. The molecule has 5 aromatic rings. The summed E-state index contributed by atoms with van der Waals surface area (Å²) in [5.74, 6) is 2.96. The van der Waals surface area contributed by atoms with E-state index in [9.17, 15) is 22.6 Å². The van der Waals surface area contributed by atoms with Crippen molar-refractivity contribution in [2.24, 2.45) is 5.73 Å². The molecule has 1 aliphatic heterocycles. The summed E-state index contributed by atoms with van der Waals surface area (Å²) in [6.45, 7) is 12.3. The number of ether oxygens (including phenoxy) is 3. The maximum atomic E-state index is 13.5. The molecule has 0 saturated carbocycles. The Hall–Kier alpha value is -5.75. The van der Waals surface area contributed by atoms with E-state index >= 15 is 0 Å². The lowest BCUT2D eigenvalue weighted by Gasteiger charge is -2.31. The SMILES string of the molecule is [CH2]CN(c1cc(C(C)(C)C)cc(N(C(N)=O)c2ccc(Oc3ccnc(Nc4ccc(C(=O)NCCN5CC[S+]([O-])CC5)c(OC)c4)c3)c3ccccc23)c1OC)S(C)(=O)=O. The minimum absolute atomic E-state index is 0.119. The fourth-order valence-corrected chi connectivity index (χ4v) is 9.01. The number of pyridine rings is 1. The van der Waals surface area contributed by atoms with Gasteiger partial charge in [0.2, 0.25) is 10.0 Å². The van der Waals surface area contributed by atoms with E-state index < -0.39 is 32.6 Å². The summed E-state index contributed by atoms with van der Waals surface area (Å²) in [6.07, 6.45) is 2.68. The summed E-state index contributed by atoms with van der Waals surface area (Å²) < 4.78 is 56.6. The van der Waals surface area contributed by atoms with Crippen molar-refractivity contribution >= 4 is 72.5 Å². The van der Waals surface area contributed by atoms with E-state index in [1.165, 1.54) is 19.1 Å². The van der Waals surface area contributed by atoms with Crippen LogP contribution in [-0.2, 0) is 26.6 Å². The van der Waals surface area contributed by atoms with Crippen LogP contribution in [-0.4, -0.2) is 99.5 Å². The highest BCUT2D eigenvalue weighted by Crippen LogP contribution is 2.47. The minimum Gasteiger partial charge on any atom is -0.616 e. The zero-order valence-corrected chi connectivity index (χ0v) is 36.8. The van der Waals surface area contributed by atoms with Crippen LogP contribution in [0, 0.1) is 6.92 Å². The number of carbonyl (C=O) groups is 2. The number of sulfonamides is 1. The molecule has 1 saturated heterocycles. The number of methoxy groups -OCH3 is 2. The van der Waals surface area contributed by atoms with Crippen LogP contribution in [0.2, 0.25) is 0 Å². The second-order valence-corrected chi connectivity index (χ2v) is 19.0. The molecule has 1 aromatic heterocycles. The van der Waals surface area contributed by atoms with Crippen LogP contribution in [0.1, 0.15) is 36.7 Å². The molecule has 61 heavy (non-hydrogen) atoms. The number of benzene rings is 4. The Morgan fingerprint density at radius 3 is 2.28 bits per heavy atom. The topological polar surface area (TPSA) is 192 Å². The van der Waals surface area contributed by atoms with Gasteiger partial charge in [-0.1, -0.05) is 56.2 Å². The first kappa shape index (κ1) is 44.8. The van der Waals surface area contributed by atoms with Gasteiger partial charge in [-0.25, -0.2) is 18.2 Å². The monoisotopic (exact) mass is 870 g/mol. The van der Waals surface area contributed by atoms with Gasteiger partial charge in [0.15, 0.2) is 5.75 Å². The number of aromatic nitrogens is 1. The van der Waals surface area contributed by atoms with Crippen molar-refractivity contribution in [2.45, 2.75) is 26.2 Å². The molecule has 0 unspecified atom stereocenters. The highest BCUT2D eigenvalue weighted by Gasteiger charge is 2.31. The number of amides is 3. The third-order valence-corrected chi connectivity index (χ3v) is 12.7. The van der Waals surface area contributed by atoms with Gasteiger partial charge in [-0.05, 0) is 60.4 Å². The Kier molecular flexibility index (Phi) is 13.9. The molecule has 0 aliphatic carbocycles. The molecule has 6 rings (SSSR count). The Morgan fingerprint density at radius 1 is 0.934 bits per heavy atom. The smallest absolute Gasteiger partial charge is 0.324 e. The van der Waals surface area contributed by atoms with E-state index in [0.29, 0.717) is 75.4 Å². The first-order chi connectivity index (χ1) is 29.0. The van der Waals surface area contributed by atoms with E-state index in [0.717, 1.165) is 29.2 Å². The summed E-state index contributed by atoms with van der Waals surface area (Å²) in [5, 5.41) is 7.48. The van der Waals surface area contributed by atoms with Crippen LogP contribution in [0.15, 0.2) is 85.1 Å². The van der Waals surface area contributed by atoms with E-state index in [1.807, 2.05) is 45.0 Å². The lowest BCUT2D eigenvalue weighted by Crippen LogP contribution is -2.43. The van der Waals surface area contributed by atoms with Crippen molar-refractivity contribution in [3.05, 3.63) is 103 Å². The first-order valence-corrected chi connectivity index (χ1v) is 22.9. The summed E-state index contributed by atoms with van der Waals surface area (Å²) in [6, 6.07) is 22.1. The number of nitrogens with one attached hydrogen (secondary N) is 2. The molecule has 1 radical (unpaired) electrons. The number of carbonyl (C=O) groups excluding carboxylic acids is 2. The van der Waals surface area contributed by atoms with Crippen LogP contribution in [0.5, 0.6) is 23.0 Å². The van der Waals surface area contributed by atoms with Gasteiger partial charge < -0.3 is 35.1 Å². The van der Waals surface area contributed by atoms with Crippen molar-refractivity contribution in [2.75, 3.05) is 79.2 Å². The zero-order valence-electron chi connectivity index (χ0n) is 35.2. The molecule has 17 heteroatoms. The number of hydrogen-bond donors (Lipinski definition) is 3. The summed E-state index contributed by atoms with van der Waals surface area (Å²) >= 11 is -0.755. The number of urea groups is 1. The Labute approximate surface area is 360 Å². The summed E-state index contributed by atoms with van der Waals surface area (Å²) in [7, 11) is -0.884. The fraction of sp³-hybridized carbons (Fsp3) is 0.318. The van der Waals surface area contributed by atoms with E-state index in [2.05, 4.69) is 27.4 Å². The summed E-state index contributed by atoms with van der Waals surface area (Å²) in [4.78, 5) is 34.6. The number of anilines is 5. The van der Waals surface area contributed by atoms with Crippen LogP contribution < -0.4 is 39.8 Å². The van der Waals surface area contributed by atoms with E-state index in [1.54, 1.807) is 60.8 Å². The molecule has 4 aromatic carbocycles. The molecule has 323 valence electrons. The molecular weight excluding hydrogens is 819 g/mol. The molecule has 0 atom stereocenters. The normalized spacial score (nSPS) is 13.7. The Balaban J connectivity index is 1.27. The van der Waals surface area contributed by atoms with Crippen molar-refractivity contribution in [3.8, 4) is 23.0 Å². The number of hydrogen-bond acceptors (Lipinski definition) is 11. The van der Waals surface area contributed by atoms with Gasteiger partial charge in [-0.15, -0.1) is 0 Å². The zero-order chi connectivity index (χ0) is 44.1. The van der Waals surface area contributed by atoms with Gasteiger partial charge in [0, 0.05) is 67.5 Å². The Bertz CT molecular complexity index is 2510. The molecule has 3 amide bonds. The first-order valence-electron chi connectivity index (χ1n) is 19.6. The van der Waals surface area contributed by atoms with Crippen molar-refractivity contribution in [1.29, 1.82) is 0 Å². The number of primary amides is 1. The van der Waals surface area contributed by atoms with Crippen molar-refractivity contribution < 1.29 is 36.8 Å². The second-order valence-electron chi connectivity index (χ2n) is 15.4. The number of fused-ring (bicyclic) bond motifs is 1. The van der Waals surface area contributed by atoms with Gasteiger partial charge in [-0.2, -0.15) is 0 Å². The number of nitrogens with two attached hydrogens (primary N) is 1. The van der Waals surface area contributed by atoms with Crippen LogP contribution in [0.25, 0.3) is 10.8 Å². The van der Waals surface area contributed by atoms with E-state index in [-0.39, 0.29) is 29.6 Å². The van der Waals surface area contributed by atoms with Crippen LogP contribution in [0.3, 0.4) is 0 Å². The lowest BCUT2D eigenvalue weighted by atomic mass is 9.86. The number of rotatable bonds is 15. The molecule has 0 bridgehead atoms. The average Bonchev–Trinajstić information content (AvgIpc) is 3.21. The van der Waals surface area contributed by atoms with Crippen molar-refractivity contribution in [1.82, 2.24) is 15.2 Å². The predicted octanol–water partition coefficient (Wildman–Crippen LogP) is 6.70. The highest BCUT2D eigenvalue weighted by atomic mass is 32.2. The maximum Gasteiger partial charge on any atom is 0.324 e. The van der Waals surface area contributed by atoms with Gasteiger partial charge in [0.25, 0.3) is 5.91 Å². The summed E-state index contributed by atoms with van der Waals surface area (Å²) in [5.41, 5.74) is 8.33. The largest absolute Gasteiger partial charge is 0.616 e. The van der Waals surface area contributed by atoms with Gasteiger partial charge in [0.1, 0.15) is 34.6 Å². The minimum atomic E-state index is -3.79. The molecule has 0 spiro atoms. The highest BCUT2D eigenvalue weighted by molar-refractivity contribution is 7.92. The molecule has 1 fully saturated rings. The van der Waals surface area contributed by atoms with Crippen LogP contribution in [0.4, 0.5) is 33.4 Å².